The van der Waals surface area contributed by atoms with E-state index in [1.807, 2.05) is 24.3 Å². The average Bonchev–Trinajstić information content (AvgIpc) is 2.52. The number of rotatable bonds is 9. The highest BCUT2D eigenvalue weighted by atomic mass is 127. The Kier molecular flexibility index (Phi) is 12.8. The van der Waals surface area contributed by atoms with Gasteiger partial charge in [-0.25, -0.2) is 4.99 Å². The van der Waals surface area contributed by atoms with E-state index in [0.29, 0.717) is 19.1 Å². The fraction of sp³-hybridized carbons (Fsp3) is 0.588. The second-order valence-electron chi connectivity index (χ2n) is 5.40. The van der Waals surface area contributed by atoms with Gasteiger partial charge in [0, 0.05) is 25.3 Å². The van der Waals surface area contributed by atoms with E-state index < -0.39 is 0 Å². The molecule has 0 atom stereocenters. The third kappa shape index (κ3) is 9.65. The van der Waals surface area contributed by atoms with Crippen molar-refractivity contribution in [1.29, 1.82) is 0 Å². The highest BCUT2D eigenvalue weighted by molar-refractivity contribution is 14.0. The average molecular weight is 435 g/mol. The van der Waals surface area contributed by atoms with Gasteiger partial charge in [-0.15, -0.1) is 24.0 Å². The Morgan fingerprint density at radius 1 is 1.22 bits per heavy atom. The van der Waals surface area contributed by atoms with E-state index >= 15 is 0 Å². The molecule has 6 heteroatoms. The second-order valence-corrected chi connectivity index (χ2v) is 5.40. The van der Waals surface area contributed by atoms with Crippen LogP contribution < -0.4 is 15.4 Å². The minimum absolute atomic E-state index is 0. The lowest BCUT2D eigenvalue weighted by Gasteiger charge is -2.13. The number of guanidine groups is 1. The number of hydrogen-bond donors (Lipinski definition) is 2. The van der Waals surface area contributed by atoms with Crippen LogP contribution in [0.15, 0.2) is 29.3 Å². The maximum absolute atomic E-state index is 5.56. The fourth-order valence-electron chi connectivity index (χ4n) is 1.90. The van der Waals surface area contributed by atoms with Gasteiger partial charge in [0.1, 0.15) is 5.75 Å². The van der Waals surface area contributed by atoms with Gasteiger partial charge in [-0.2, -0.15) is 0 Å². The summed E-state index contributed by atoms with van der Waals surface area (Å²) in [6.07, 6.45) is 0. The quantitative estimate of drug-likeness (QED) is 0.271. The largest absolute Gasteiger partial charge is 0.496 e. The van der Waals surface area contributed by atoms with Crippen LogP contribution in [0, 0.1) is 5.92 Å². The van der Waals surface area contributed by atoms with Crippen molar-refractivity contribution in [2.45, 2.75) is 27.3 Å². The first-order chi connectivity index (χ1) is 10.7. The smallest absolute Gasteiger partial charge is 0.191 e. The van der Waals surface area contributed by atoms with Gasteiger partial charge >= 0.3 is 0 Å². The molecule has 0 saturated heterocycles. The monoisotopic (exact) mass is 435 g/mol. The number of nitrogens with zero attached hydrogens (tertiary/aromatic N) is 1. The SMILES string of the molecule is CCNC(=NCc1ccccc1OC)NCCOCC(C)C.I. The van der Waals surface area contributed by atoms with E-state index in [9.17, 15) is 0 Å². The van der Waals surface area contributed by atoms with Crippen LogP contribution in [0.2, 0.25) is 0 Å². The molecule has 0 heterocycles. The Hall–Kier alpha value is -1.02. The summed E-state index contributed by atoms with van der Waals surface area (Å²) < 4.78 is 10.9. The van der Waals surface area contributed by atoms with Gasteiger partial charge in [0.15, 0.2) is 5.96 Å². The fourth-order valence-corrected chi connectivity index (χ4v) is 1.90. The molecule has 1 aromatic carbocycles. The van der Waals surface area contributed by atoms with Gasteiger partial charge in [-0.1, -0.05) is 32.0 Å². The number of para-hydroxylation sites is 1. The predicted molar refractivity (Wildman–Crippen MR) is 107 cm³/mol. The molecule has 0 aliphatic rings. The third-order valence-electron chi connectivity index (χ3n) is 2.93. The lowest BCUT2D eigenvalue weighted by Crippen LogP contribution is -2.39. The first-order valence-corrected chi connectivity index (χ1v) is 7.89. The summed E-state index contributed by atoms with van der Waals surface area (Å²) in [4.78, 5) is 4.58. The van der Waals surface area contributed by atoms with E-state index in [4.69, 9.17) is 9.47 Å². The lowest BCUT2D eigenvalue weighted by molar-refractivity contribution is 0.114. The van der Waals surface area contributed by atoms with E-state index in [0.717, 1.165) is 37.0 Å². The van der Waals surface area contributed by atoms with Gasteiger partial charge in [0.05, 0.1) is 20.3 Å². The Morgan fingerprint density at radius 3 is 2.61 bits per heavy atom. The van der Waals surface area contributed by atoms with Crippen molar-refractivity contribution >= 4 is 29.9 Å². The summed E-state index contributed by atoms with van der Waals surface area (Å²) in [5.41, 5.74) is 1.07. The van der Waals surface area contributed by atoms with Gasteiger partial charge in [0.25, 0.3) is 0 Å². The molecule has 0 amide bonds. The molecule has 1 rings (SSSR count). The van der Waals surface area contributed by atoms with Gasteiger partial charge in [-0.05, 0) is 18.9 Å². The van der Waals surface area contributed by atoms with Crippen molar-refractivity contribution in [1.82, 2.24) is 10.6 Å². The minimum Gasteiger partial charge on any atom is -0.496 e. The molecule has 0 aliphatic heterocycles. The first-order valence-electron chi connectivity index (χ1n) is 7.89. The van der Waals surface area contributed by atoms with Crippen LogP contribution in [0.3, 0.4) is 0 Å². The molecule has 0 saturated carbocycles. The standard InChI is InChI=1S/C17H29N3O2.HI/c1-5-18-17(19-10-11-22-13-14(2)3)20-12-15-8-6-7-9-16(15)21-4;/h6-9,14H,5,10-13H2,1-4H3,(H2,18,19,20);1H. The Bertz CT molecular complexity index is 453. The number of nitrogens with one attached hydrogen (secondary N) is 2. The van der Waals surface area contributed by atoms with Gasteiger partial charge in [0.2, 0.25) is 0 Å². The summed E-state index contributed by atoms with van der Waals surface area (Å²) in [5.74, 6) is 2.22. The zero-order valence-electron chi connectivity index (χ0n) is 14.6. The van der Waals surface area contributed by atoms with Crippen molar-refractivity contribution in [3.05, 3.63) is 29.8 Å². The van der Waals surface area contributed by atoms with Gasteiger partial charge in [-0.3, -0.25) is 0 Å². The zero-order valence-corrected chi connectivity index (χ0v) is 16.9. The molecule has 0 fully saturated rings. The number of ether oxygens (including phenoxy) is 2. The normalized spacial score (nSPS) is 11.1. The summed E-state index contributed by atoms with van der Waals surface area (Å²) in [5, 5.41) is 6.51. The summed E-state index contributed by atoms with van der Waals surface area (Å²) >= 11 is 0. The van der Waals surface area contributed by atoms with E-state index in [1.165, 1.54) is 0 Å². The molecular formula is C17H30IN3O2. The molecule has 5 nitrogen and oxygen atoms in total. The van der Waals surface area contributed by atoms with Crippen molar-refractivity contribution in [2.24, 2.45) is 10.9 Å². The molecule has 0 bridgehead atoms. The van der Waals surface area contributed by atoms with Crippen molar-refractivity contribution in [2.75, 3.05) is 33.4 Å². The van der Waals surface area contributed by atoms with E-state index in [-0.39, 0.29) is 24.0 Å². The molecular weight excluding hydrogens is 405 g/mol. The maximum atomic E-state index is 5.56. The molecule has 1 aromatic rings. The van der Waals surface area contributed by atoms with Crippen molar-refractivity contribution in [3.8, 4) is 5.75 Å². The topological polar surface area (TPSA) is 54.9 Å². The Balaban J connectivity index is 0.00000484. The van der Waals surface area contributed by atoms with Crippen LogP contribution in [-0.2, 0) is 11.3 Å². The highest BCUT2D eigenvalue weighted by Crippen LogP contribution is 2.17. The second kappa shape index (κ2) is 13.4. The number of methoxy groups -OCH3 is 1. The number of hydrogen-bond acceptors (Lipinski definition) is 3. The molecule has 0 spiro atoms. The molecule has 0 aliphatic carbocycles. The minimum atomic E-state index is 0. The van der Waals surface area contributed by atoms with Crippen LogP contribution in [0.4, 0.5) is 0 Å². The molecule has 23 heavy (non-hydrogen) atoms. The maximum Gasteiger partial charge on any atom is 0.191 e. The predicted octanol–water partition coefficient (Wildman–Crippen LogP) is 3.04. The van der Waals surface area contributed by atoms with Crippen molar-refractivity contribution < 1.29 is 9.47 Å². The summed E-state index contributed by atoms with van der Waals surface area (Å²) in [6.45, 7) is 9.95. The van der Waals surface area contributed by atoms with Crippen LogP contribution in [0.5, 0.6) is 5.75 Å². The number of aliphatic imine (C=N–C) groups is 1. The van der Waals surface area contributed by atoms with E-state index in [1.54, 1.807) is 7.11 Å². The number of halogens is 1. The van der Waals surface area contributed by atoms with Crippen LogP contribution in [0.1, 0.15) is 26.3 Å². The molecule has 2 N–H and O–H groups in total. The van der Waals surface area contributed by atoms with E-state index in [2.05, 4.69) is 36.4 Å². The molecule has 0 radical (unpaired) electrons. The van der Waals surface area contributed by atoms with Crippen LogP contribution >= 0.6 is 24.0 Å². The number of benzene rings is 1. The molecule has 0 unspecified atom stereocenters. The lowest BCUT2D eigenvalue weighted by atomic mass is 10.2. The Morgan fingerprint density at radius 2 is 1.96 bits per heavy atom. The first kappa shape index (κ1) is 22.0. The van der Waals surface area contributed by atoms with Gasteiger partial charge < -0.3 is 20.1 Å². The van der Waals surface area contributed by atoms with Crippen molar-refractivity contribution in [3.63, 3.8) is 0 Å². The summed E-state index contributed by atoms with van der Waals surface area (Å²) in [6, 6.07) is 7.93. The molecule has 132 valence electrons. The third-order valence-corrected chi connectivity index (χ3v) is 2.93. The highest BCUT2D eigenvalue weighted by Gasteiger charge is 2.02. The zero-order chi connectivity index (χ0) is 16.2. The summed E-state index contributed by atoms with van der Waals surface area (Å²) in [7, 11) is 1.68. The Labute approximate surface area is 157 Å². The van der Waals surface area contributed by atoms with Crippen LogP contribution in [-0.4, -0.2) is 39.4 Å². The molecule has 0 aromatic heterocycles. The van der Waals surface area contributed by atoms with Crippen LogP contribution in [0.25, 0.3) is 0 Å².